The molecule has 0 aliphatic carbocycles. The molecular weight excluding hydrogens is 268 g/mol. The van der Waals surface area contributed by atoms with E-state index in [0.29, 0.717) is 30.1 Å². The van der Waals surface area contributed by atoms with E-state index in [2.05, 4.69) is 6.07 Å². The van der Waals surface area contributed by atoms with Gasteiger partial charge in [-0.25, -0.2) is 4.79 Å². The first-order valence-corrected chi connectivity index (χ1v) is 6.72. The van der Waals surface area contributed by atoms with Crippen molar-refractivity contribution in [2.24, 2.45) is 0 Å². The SMILES string of the molecule is CCOC(=O)c1ccc(-n2cc(C#N)c(OCC)c2)cc1. The number of nitrogens with zero attached hydrogens (tertiary/aromatic N) is 2. The number of hydrogen-bond acceptors (Lipinski definition) is 4. The summed E-state index contributed by atoms with van der Waals surface area (Å²) in [5.41, 5.74) is 1.81. The maximum absolute atomic E-state index is 11.6. The summed E-state index contributed by atoms with van der Waals surface area (Å²) in [5.74, 6) is 0.207. The predicted molar refractivity (Wildman–Crippen MR) is 77.6 cm³/mol. The van der Waals surface area contributed by atoms with Crippen LogP contribution in [0.15, 0.2) is 36.7 Å². The number of rotatable bonds is 5. The van der Waals surface area contributed by atoms with Gasteiger partial charge in [-0.2, -0.15) is 5.26 Å². The van der Waals surface area contributed by atoms with Crippen LogP contribution in [0.1, 0.15) is 29.8 Å². The molecule has 0 aliphatic rings. The molecule has 0 amide bonds. The van der Waals surface area contributed by atoms with Gasteiger partial charge in [-0.3, -0.25) is 0 Å². The van der Waals surface area contributed by atoms with Gasteiger partial charge in [0.2, 0.25) is 0 Å². The average Bonchev–Trinajstić information content (AvgIpc) is 2.91. The van der Waals surface area contributed by atoms with E-state index in [1.807, 2.05) is 6.92 Å². The maximum atomic E-state index is 11.6. The van der Waals surface area contributed by atoms with Gasteiger partial charge >= 0.3 is 5.97 Å². The molecule has 108 valence electrons. The molecule has 1 aromatic heterocycles. The highest BCUT2D eigenvalue weighted by molar-refractivity contribution is 5.89. The zero-order valence-electron chi connectivity index (χ0n) is 12.0. The second-order valence-corrected chi connectivity index (χ2v) is 4.26. The van der Waals surface area contributed by atoms with Crippen molar-refractivity contribution in [2.45, 2.75) is 13.8 Å². The van der Waals surface area contributed by atoms with Crippen molar-refractivity contribution in [2.75, 3.05) is 13.2 Å². The Labute approximate surface area is 123 Å². The summed E-state index contributed by atoms with van der Waals surface area (Å²) in [6.45, 7) is 4.49. The van der Waals surface area contributed by atoms with Crippen LogP contribution >= 0.6 is 0 Å². The lowest BCUT2D eigenvalue weighted by Gasteiger charge is -2.05. The topological polar surface area (TPSA) is 64.2 Å². The van der Waals surface area contributed by atoms with Crippen LogP contribution in [0.4, 0.5) is 0 Å². The quantitative estimate of drug-likeness (QED) is 0.792. The second kappa shape index (κ2) is 6.62. The Kier molecular flexibility index (Phi) is 4.62. The van der Waals surface area contributed by atoms with E-state index in [1.54, 1.807) is 48.1 Å². The number of hydrogen-bond donors (Lipinski definition) is 0. The monoisotopic (exact) mass is 284 g/mol. The Morgan fingerprint density at radius 1 is 1.19 bits per heavy atom. The van der Waals surface area contributed by atoms with Crippen molar-refractivity contribution in [1.29, 1.82) is 5.26 Å². The normalized spacial score (nSPS) is 9.95. The lowest BCUT2D eigenvalue weighted by molar-refractivity contribution is 0.0526. The summed E-state index contributed by atoms with van der Waals surface area (Å²) < 4.78 is 12.1. The molecule has 0 N–H and O–H groups in total. The highest BCUT2D eigenvalue weighted by atomic mass is 16.5. The molecule has 0 unspecified atom stereocenters. The molecule has 0 saturated carbocycles. The van der Waals surface area contributed by atoms with Crippen LogP contribution in [0.25, 0.3) is 5.69 Å². The lowest BCUT2D eigenvalue weighted by atomic mass is 10.2. The summed E-state index contributed by atoms with van der Waals surface area (Å²) >= 11 is 0. The molecule has 0 atom stereocenters. The maximum Gasteiger partial charge on any atom is 0.338 e. The van der Waals surface area contributed by atoms with Crippen molar-refractivity contribution < 1.29 is 14.3 Å². The summed E-state index contributed by atoms with van der Waals surface area (Å²) in [6, 6.07) is 9.07. The third-order valence-corrected chi connectivity index (χ3v) is 2.89. The minimum Gasteiger partial charge on any atom is -0.491 e. The fraction of sp³-hybridized carbons (Fsp3) is 0.250. The van der Waals surface area contributed by atoms with E-state index in [4.69, 9.17) is 14.7 Å². The van der Waals surface area contributed by atoms with E-state index >= 15 is 0 Å². The lowest BCUT2D eigenvalue weighted by Crippen LogP contribution is -2.04. The van der Waals surface area contributed by atoms with Crippen LogP contribution in [0.2, 0.25) is 0 Å². The number of aromatic nitrogens is 1. The number of benzene rings is 1. The molecule has 0 spiro atoms. The number of nitriles is 1. The van der Waals surface area contributed by atoms with Gasteiger partial charge in [-0.15, -0.1) is 0 Å². The molecule has 2 rings (SSSR count). The van der Waals surface area contributed by atoms with E-state index in [9.17, 15) is 4.79 Å². The van der Waals surface area contributed by atoms with Gasteiger partial charge in [0.25, 0.3) is 0 Å². The smallest absolute Gasteiger partial charge is 0.338 e. The van der Waals surface area contributed by atoms with Gasteiger partial charge in [0.05, 0.1) is 25.0 Å². The molecule has 0 saturated heterocycles. The van der Waals surface area contributed by atoms with Gasteiger partial charge in [-0.1, -0.05) is 0 Å². The first-order valence-electron chi connectivity index (χ1n) is 6.72. The molecular formula is C16H16N2O3. The summed E-state index contributed by atoms with van der Waals surface area (Å²) in [7, 11) is 0. The Morgan fingerprint density at radius 2 is 1.90 bits per heavy atom. The molecule has 21 heavy (non-hydrogen) atoms. The highest BCUT2D eigenvalue weighted by Crippen LogP contribution is 2.22. The molecule has 1 heterocycles. The molecule has 5 heteroatoms. The first-order chi connectivity index (χ1) is 10.2. The van der Waals surface area contributed by atoms with Crippen molar-refractivity contribution in [3.8, 4) is 17.5 Å². The summed E-state index contributed by atoms with van der Waals surface area (Å²) in [5, 5.41) is 9.08. The fourth-order valence-corrected chi connectivity index (χ4v) is 1.92. The zero-order valence-corrected chi connectivity index (χ0v) is 12.0. The summed E-state index contributed by atoms with van der Waals surface area (Å²) in [6.07, 6.45) is 3.45. The van der Waals surface area contributed by atoms with E-state index in [1.165, 1.54) is 0 Å². The number of carbonyl (C=O) groups is 1. The van der Waals surface area contributed by atoms with Crippen molar-refractivity contribution in [3.05, 3.63) is 47.8 Å². The van der Waals surface area contributed by atoms with Gasteiger partial charge in [0, 0.05) is 11.9 Å². The van der Waals surface area contributed by atoms with Crippen LogP contribution in [-0.4, -0.2) is 23.8 Å². The third kappa shape index (κ3) is 3.23. The van der Waals surface area contributed by atoms with Crippen molar-refractivity contribution in [3.63, 3.8) is 0 Å². The molecule has 5 nitrogen and oxygen atoms in total. The molecule has 0 fully saturated rings. The van der Waals surface area contributed by atoms with Crippen LogP contribution in [-0.2, 0) is 4.74 Å². The second-order valence-electron chi connectivity index (χ2n) is 4.26. The van der Waals surface area contributed by atoms with Crippen molar-refractivity contribution in [1.82, 2.24) is 4.57 Å². The van der Waals surface area contributed by atoms with Gasteiger partial charge in [-0.05, 0) is 38.1 Å². The largest absolute Gasteiger partial charge is 0.491 e. The van der Waals surface area contributed by atoms with Gasteiger partial charge in [0.1, 0.15) is 11.6 Å². The first kappa shape index (κ1) is 14.7. The predicted octanol–water partition coefficient (Wildman–Crippen LogP) is 2.92. The Hall–Kier alpha value is -2.74. The molecule has 0 aliphatic heterocycles. The number of esters is 1. The van der Waals surface area contributed by atoms with Gasteiger partial charge in [0.15, 0.2) is 5.75 Å². The van der Waals surface area contributed by atoms with Crippen LogP contribution in [0.5, 0.6) is 5.75 Å². The molecule has 1 aromatic carbocycles. The Morgan fingerprint density at radius 3 is 2.48 bits per heavy atom. The van der Waals surface area contributed by atoms with Gasteiger partial charge < -0.3 is 14.0 Å². The highest BCUT2D eigenvalue weighted by Gasteiger charge is 2.10. The van der Waals surface area contributed by atoms with E-state index < -0.39 is 0 Å². The minimum absolute atomic E-state index is 0.343. The van der Waals surface area contributed by atoms with E-state index in [-0.39, 0.29) is 5.97 Å². The van der Waals surface area contributed by atoms with E-state index in [0.717, 1.165) is 5.69 Å². The molecule has 0 radical (unpaired) electrons. The third-order valence-electron chi connectivity index (χ3n) is 2.89. The Balaban J connectivity index is 2.27. The average molecular weight is 284 g/mol. The van der Waals surface area contributed by atoms with Crippen LogP contribution in [0, 0.1) is 11.3 Å². The molecule has 2 aromatic rings. The zero-order chi connectivity index (χ0) is 15.2. The number of carbonyl (C=O) groups excluding carboxylic acids is 1. The summed E-state index contributed by atoms with van der Waals surface area (Å²) in [4.78, 5) is 11.6. The fourth-order valence-electron chi connectivity index (χ4n) is 1.92. The molecule has 0 bridgehead atoms. The van der Waals surface area contributed by atoms with Crippen molar-refractivity contribution >= 4 is 5.97 Å². The standard InChI is InChI=1S/C16H16N2O3/c1-3-20-15-11-18(10-13(15)9-17)14-7-5-12(6-8-14)16(19)21-4-2/h5-8,10-11H,3-4H2,1-2H3. The number of ether oxygens (including phenoxy) is 2. The minimum atomic E-state index is -0.343. The Bertz CT molecular complexity index is 666. The van der Waals surface area contributed by atoms with Crippen LogP contribution < -0.4 is 4.74 Å². The van der Waals surface area contributed by atoms with Crippen LogP contribution in [0.3, 0.4) is 0 Å².